The van der Waals surface area contributed by atoms with Crippen molar-refractivity contribution in [2.24, 2.45) is 11.3 Å². The Hall–Kier alpha value is -0.820. The van der Waals surface area contributed by atoms with Crippen molar-refractivity contribution in [1.29, 1.82) is 0 Å². The lowest BCUT2D eigenvalue weighted by Crippen LogP contribution is -2.57. The Bertz CT molecular complexity index is 414. The minimum absolute atomic E-state index is 0.467. The Morgan fingerprint density at radius 2 is 1.75 bits per heavy atom. The summed E-state index contributed by atoms with van der Waals surface area (Å²) in [5, 5.41) is 3.53. The molecule has 20 heavy (non-hydrogen) atoms. The van der Waals surface area contributed by atoms with Crippen molar-refractivity contribution in [3.05, 3.63) is 35.4 Å². The molecule has 1 saturated carbocycles. The van der Waals surface area contributed by atoms with Crippen LogP contribution in [0.3, 0.4) is 0 Å². The van der Waals surface area contributed by atoms with Crippen molar-refractivity contribution in [2.75, 3.05) is 7.05 Å². The zero-order valence-corrected chi connectivity index (χ0v) is 13.9. The Balaban J connectivity index is 2.15. The maximum Gasteiger partial charge on any atom is 0.0132 e. The molecule has 0 amide bonds. The Labute approximate surface area is 125 Å². The van der Waals surface area contributed by atoms with E-state index in [-0.39, 0.29) is 0 Å². The molecule has 1 aromatic carbocycles. The topological polar surface area (TPSA) is 12.0 Å². The quantitative estimate of drug-likeness (QED) is 0.787. The minimum atomic E-state index is 0.467. The van der Waals surface area contributed by atoms with Gasteiger partial charge in [-0.1, -0.05) is 52.0 Å². The van der Waals surface area contributed by atoms with Crippen LogP contribution >= 0.6 is 0 Å². The van der Waals surface area contributed by atoms with E-state index < -0.39 is 0 Å². The molecule has 1 aliphatic carbocycles. The van der Waals surface area contributed by atoms with E-state index in [0.717, 1.165) is 11.8 Å². The second-order valence-electron chi connectivity index (χ2n) is 6.91. The molecule has 112 valence electrons. The number of hydrogen-bond donors (Lipinski definition) is 1. The molecule has 2 atom stereocenters. The molecule has 1 fully saturated rings. The summed E-state index contributed by atoms with van der Waals surface area (Å²) in [6, 6.07) is 10.1. The van der Waals surface area contributed by atoms with Gasteiger partial charge in [-0.3, -0.25) is 0 Å². The summed E-state index contributed by atoms with van der Waals surface area (Å²) in [7, 11) is 2.12. The van der Waals surface area contributed by atoms with Crippen molar-refractivity contribution in [1.82, 2.24) is 5.32 Å². The third kappa shape index (κ3) is 2.65. The van der Waals surface area contributed by atoms with Gasteiger partial charge >= 0.3 is 0 Å². The number of benzene rings is 1. The highest BCUT2D eigenvalue weighted by molar-refractivity contribution is 5.31. The minimum Gasteiger partial charge on any atom is -0.316 e. The number of rotatable bonds is 6. The molecular formula is C19H31N. The van der Waals surface area contributed by atoms with E-state index in [9.17, 15) is 0 Å². The van der Waals surface area contributed by atoms with E-state index in [1.165, 1.54) is 31.2 Å². The first-order chi connectivity index (χ1) is 9.57. The van der Waals surface area contributed by atoms with E-state index >= 15 is 0 Å². The highest BCUT2D eigenvalue weighted by Crippen LogP contribution is 2.57. The first-order valence-electron chi connectivity index (χ1n) is 8.33. The lowest BCUT2D eigenvalue weighted by molar-refractivity contribution is 0.0245. The van der Waals surface area contributed by atoms with Crippen LogP contribution < -0.4 is 5.32 Å². The third-order valence-electron chi connectivity index (χ3n) is 5.55. The summed E-state index contributed by atoms with van der Waals surface area (Å²) >= 11 is 0. The SMILES string of the molecule is CCC1(CC)C(NC)CC1c1ccc(CC(C)C)cc1. The molecule has 1 N–H and O–H groups in total. The van der Waals surface area contributed by atoms with E-state index in [4.69, 9.17) is 0 Å². The van der Waals surface area contributed by atoms with Crippen molar-refractivity contribution in [2.45, 2.75) is 65.3 Å². The summed E-state index contributed by atoms with van der Waals surface area (Å²) in [6.45, 7) is 9.29. The standard InChI is InChI=1S/C19H31N/c1-6-19(7-2)17(13-18(19)20-5)16-10-8-15(9-11-16)12-14(3)4/h8-11,14,17-18,20H,6-7,12-13H2,1-5H3. The Morgan fingerprint density at radius 1 is 1.15 bits per heavy atom. The van der Waals surface area contributed by atoms with E-state index in [2.05, 4.69) is 64.3 Å². The van der Waals surface area contributed by atoms with Gasteiger partial charge < -0.3 is 5.32 Å². The largest absolute Gasteiger partial charge is 0.316 e. The molecule has 1 heteroatoms. The molecule has 0 saturated heterocycles. The van der Waals surface area contributed by atoms with Gasteiger partial charge in [0, 0.05) is 6.04 Å². The van der Waals surface area contributed by atoms with Crippen LogP contribution in [0.5, 0.6) is 0 Å². The monoisotopic (exact) mass is 273 g/mol. The summed E-state index contributed by atoms with van der Waals surface area (Å²) in [5.74, 6) is 1.48. The highest BCUT2D eigenvalue weighted by atomic mass is 14.9. The van der Waals surface area contributed by atoms with E-state index in [1.54, 1.807) is 5.56 Å². The molecule has 1 aromatic rings. The predicted octanol–water partition coefficient (Wildman–Crippen LogP) is 4.77. The molecule has 1 nitrogen and oxygen atoms in total. The lowest BCUT2D eigenvalue weighted by atomic mass is 9.52. The normalized spacial score (nSPS) is 24.7. The van der Waals surface area contributed by atoms with Gasteiger partial charge in [0.1, 0.15) is 0 Å². The van der Waals surface area contributed by atoms with Gasteiger partial charge in [0.25, 0.3) is 0 Å². The molecule has 0 heterocycles. The zero-order valence-electron chi connectivity index (χ0n) is 13.9. The van der Waals surface area contributed by atoms with Crippen LogP contribution in [-0.4, -0.2) is 13.1 Å². The molecule has 1 aliphatic rings. The Morgan fingerprint density at radius 3 is 2.20 bits per heavy atom. The van der Waals surface area contributed by atoms with Crippen molar-refractivity contribution in [3.8, 4) is 0 Å². The highest BCUT2D eigenvalue weighted by Gasteiger charge is 2.51. The van der Waals surface area contributed by atoms with Gasteiger partial charge in [-0.25, -0.2) is 0 Å². The summed E-state index contributed by atoms with van der Waals surface area (Å²) in [4.78, 5) is 0. The lowest BCUT2D eigenvalue weighted by Gasteiger charge is -2.56. The van der Waals surface area contributed by atoms with Crippen LogP contribution in [0.25, 0.3) is 0 Å². The molecule has 0 aliphatic heterocycles. The molecular weight excluding hydrogens is 242 g/mol. The van der Waals surface area contributed by atoms with Crippen LogP contribution in [0.15, 0.2) is 24.3 Å². The average molecular weight is 273 g/mol. The first kappa shape index (κ1) is 15.6. The Kier molecular flexibility index (Phi) is 4.90. The van der Waals surface area contributed by atoms with Gasteiger partial charge in [0.15, 0.2) is 0 Å². The zero-order chi connectivity index (χ0) is 14.8. The van der Waals surface area contributed by atoms with Crippen LogP contribution in [0.4, 0.5) is 0 Å². The van der Waals surface area contributed by atoms with Gasteiger partial charge in [0.05, 0.1) is 0 Å². The molecule has 2 rings (SSSR count). The second-order valence-corrected chi connectivity index (χ2v) is 6.91. The average Bonchev–Trinajstić information content (AvgIpc) is 2.41. The molecule has 2 unspecified atom stereocenters. The fourth-order valence-corrected chi connectivity index (χ4v) is 4.25. The van der Waals surface area contributed by atoms with Gasteiger partial charge in [-0.05, 0) is 61.1 Å². The predicted molar refractivity (Wildman–Crippen MR) is 88.2 cm³/mol. The van der Waals surface area contributed by atoms with Crippen molar-refractivity contribution < 1.29 is 0 Å². The number of hydrogen-bond acceptors (Lipinski definition) is 1. The van der Waals surface area contributed by atoms with Crippen molar-refractivity contribution >= 4 is 0 Å². The van der Waals surface area contributed by atoms with Gasteiger partial charge in [-0.15, -0.1) is 0 Å². The van der Waals surface area contributed by atoms with Gasteiger partial charge in [0.2, 0.25) is 0 Å². The maximum absolute atomic E-state index is 3.53. The van der Waals surface area contributed by atoms with Gasteiger partial charge in [-0.2, -0.15) is 0 Å². The summed E-state index contributed by atoms with van der Waals surface area (Å²) in [6.07, 6.45) is 5.03. The summed E-state index contributed by atoms with van der Waals surface area (Å²) < 4.78 is 0. The van der Waals surface area contributed by atoms with Crippen LogP contribution in [0.1, 0.15) is 64.0 Å². The van der Waals surface area contributed by atoms with Crippen molar-refractivity contribution in [3.63, 3.8) is 0 Å². The summed E-state index contributed by atoms with van der Waals surface area (Å²) in [5.41, 5.74) is 3.49. The van der Waals surface area contributed by atoms with E-state index in [1.807, 2.05) is 0 Å². The molecule has 0 aromatic heterocycles. The molecule has 0 bridgehead atoms. The molecule has 0 spiro atoms. The second kappa shape index (κ2) is 6.30. The van der Waals surface area contributed by atoms with E-state index in [0.29, 0.717) is 11.5 Å². The smallest absolute Gasteiger partial charge is 0.0132 e. The maximum atomic E-state index is 3.53. The molecule has 0 radical (unpaired) electrons. The first-order valence-corrected chi connectivity index (χ1v) is 8.33. The number of nitrogens with one attached hydrogen (secondary N) is 1. The third-order valence-corrected chi connectivity index (χ3v) is 5.55. The fraction of sp³-hybridized carbons (Fsp3) is 0.684. The van der Waals surface area contributed by atoms with Crippen LogP contribution in [-0.2, 0) is 6.42 Å². The van der Waals surface area contributed by atoms with Crippen LogP contribution in [0.2, 0.25) is 0 Å². The fourth-order valence-electron chi connectivity index (χ4n) is 4.25. The van der Waals surface area contributed by atoms with Crippen LogP contribution in [0, 0.1) is 11.3 Å².